The maximum atomic E-state index is 5.71. The number of guanidine groups is 1. The molecule has 1 aliphatic heterocycles. The van der Waals surface area contributed by atoms with Gasteiger partial charge in [0.1, 0.15) is 13.2 Å². The Morgan fingerprint density at radius 3 is 2.68 bits per heavy atom. The van der Waals surface area contributed by atoms with Crippen molar-refractivity contribution in [2.45, 2.75) is 25.8 Å². The van der Waals surface area contributed by atoms with Gasteiger partial charge in [-0.15, -0.1) is 0 Å². The molecule has 6 heteroatoms. The molecule has 0 radical (unpaired) electrons. The van der Waals surface area contributed by atoms with Gasteiger partial charge in [-0.25, -0.2) is 0 Å². The van der Waals surface area contributed by atoms with Crippen LogP contribution in [0.4, 0.5) is 0 Å². The summed E-state index contributed by atoms with van der Waals surface area (Å²) in [4.78, 5) is 4.31. The molecule has 0 saturated carbocycles. The predicted molar refractivity (Wildman–Crippen MR) is 103 cm³/mol. The number of hydrogen-bond acceptors (Lipinski definition) is 4. The average molecular weight is 359 g/mol. The number of aliphatic imine (C=N–C) groups is 1. The van der Waals surface area contributed by atoms with E-state index in [0.717, 1.165) is 30.5 Å². The smallest absolute Gasteiger partial charge is 0.191 e. The monoisotopic (exact) mass is 359 g/mol. The van der Waals surface area contributed by atoms with Crippen molar-refractivity contribution in [3.8, 4) is 11.5 Å². The number of nitrogens with zero attached hydrogens (tertiary/aromatic N) is 1. The molecule has 3 rings (SSSR count). The maximum absolute atomic E-state index is 5.71. The van der Waals surface area contributed by atoms with Crippen molar-refractivity contribution in [1.29, 1.82) is 0 Å². The van der Waals surface area contributed by atoms with E-state index in [4.69, 9.17) is 9.47 Å². The molecule has 2 heterocycles. The third-order valence-electron chi connectivity index (χ3n) is 4.29. The van der Waals surface area contributed by atoms with Gasteiger partial charge in [-0.2, -0.15) is 11.3 Å². The fourth-order valence-corrected chi connectivity index (χ4v) is 3.34. The van der Waals surface area contributed by atoms with Crippen LogP contribution in [0.2, 0.25) is 0 Å². The molecule has 0 spiro atoms. The third kappa shape index (κ3) is 4.45. The minimum atomic E-state index is -0.0736. The van der Waals surface area contributed by atoms with Crippen LogP contribution in [0.5, 0.6) is 11.5 Å². The summed E-state index contributed by atoms with van der Waals surface area (Å²) in [5, 5.41) is 11.0. The van der Waals surface area contributed by atoms with E-state index in [2.05, 4.69) is 58.4 Å². The molecule has 1 aromatic heterocycles. The minimum absolute atomic E-state index is 0.0736. The molecule has 2 N–H and O–H groups in total. The van der Waals surface area contributed by atoms with Crippen LogP contribution >= 0.6 is 11.3 Å². The van der Waals surface area contributed by atoms with Crippen LogP contribution in [-0.2, 0) is 12.0 Å². The molecule has 0 unspecified atom stereocenters. The van der Waals surface area contributed by atoms with Crippen molar-refractivity contribution >= 4 is 17.3 Å². The topological polar surface area (TPSA) is 54.9 Å². The summed E-state index contributed by atoms with van der Waals surface area (Å²) in [7, 11) is 1.79. The van der Waals surface area contributed by atoms with E-state index in [9.17, 15) is 0 Å². The molecule has 134 valence electrons. The quantitative estimate of drug-likeness (QED) is 0.636. The van der Waals surface area contributed by atoms with Gasteiger partial charge in [0.15, 0.2) is 17.5 Å². The number of nitrogens with one attached hydrogen (secondary N) is 2. The van der Waals surface area contributed by atoms with E-state index in [0.29, 0.717) is 13.2 Å². The van der Waals surface area contributed by atoms with Gasteiger partial charge in [-0.1, -0.05) is 19.9 Å². The number of benzene rings is 1. The molecule has 0 aliphatic carbocycles. The van der Waals surface area contributed by atoms with Gasteiger partial charge in [-0.3, -0.25) is 4.99 Å². The SMILES string of the molecule is CN=C(NCc1ccsc1)NCC(C)(C)c1ccc2c(c1)OCCO2. The van der Waals surface area contributed by atoms with Crippen LogP contribution in [0.15, 0.2) is 40.0 Å². The molecule has 0 bridgehead atoms. The molecule has 0 saturated heterocycles. The van der Waals surface area contributed by atoms with Crippen LogP contribution in [0, 0.1) is 0 Å². The fourth-order valence-electron chi connectivity index (χ4n) is 2.67. The van der Waals surface area contributed by atoms with Crippen molar-refractivity contribution in [2.24, 2.45) is 4.99 Å². The highest BCUT2D eigenvalue weighted by Gasteiger charge is 2.23. The van der Waals surface area contributed by atoms with Crippen molar-refractivity contribution < 1.29 is 9.47 Å². The molecule has 25 heavy (non-hydrogen) atoms. The van der Waals surface area contributed by atoms with Crippen molar-refractivity contribution in [2.75, 3.05) is 26.8 Å². The number of thiophene rings is 1. The molecular weight excluding hydrogens is 334 g/mol. The first-order valence-electron chi connectivity index (χ1n) is 8.44. The lowest BCUT2D eigenvalue weighted by atomic mass is 9.84. The molecule has 2 aromatic rings. The van der Waals surface area contributed by atoms with Crippen LogP contribution in [0.25, 0.3) is 0 Å². The van der Waals surface area contributed by atoms with Gasteiger partial charge < -0.3 is 20.1 Å². The molecule has 5 nitrogen and oxygen atoms in total. The van der Waals surface area contributed by atoms with Crippen LogP contribution in [-0.4, -0.2) is 32.8 Å². The largest absolute Gasteiger partial charge is 0.486 e. The first kappa shape index (κ1) is 17.6. The van der Waals surface area contributed by atoms with E-state index in [1.54, 1.807) is 18.4 Å². The second-order valence-corrected chi connectivity index (χ2v) is 7.43. The normalized spacial score (nSPS) is 14.3. The van der Waals surface area contributed by atoms with Crippen molar-refractivity contribution in [3.63, 3.8) is 0 Å². The molecule has 1 aliphatic rings. The Morgan fingerprint density at radius 2 is 1.96 bits per heavy atom. The van der Waals surface area contributed by atoms with Gasteiger partial charge in [0.05, 0.1) is 0 Å². The summed E-state index contributed by atoms with van der Waals surface area (Å²) in [5.41, 5.74) is 2.40. The summed E-state index contributed by atoms with van der Waals surface area (Å²) < 4.78 is 11.3. The first-order valence-corrected chi connectivity index (χ1v) is 9.38. The van der Waals surface area contributed by atoms with Crippen LogP contribution < -0.4 is 20.1 Å². The Kier molecular flexibility index (Phi) is 5.48. The summed E-state index contributed by atoms with van der Waals surface area (Å²) >= 11 is 1.70. The van der Waals surface area contributed by atoms with Crippen molar-refractivity contribution in [1.82, 2.24) is 10.6 Å². The molecular formula is C19H25N3O2S. The molecule has 0 fully saturated rings. The lowest BCUT2D eigenvalue weighted by Crippen LogP contribution is -2.43. The van der Waals surface area contributed by atoms with E-state index < -0.39 is 0 Å². The Hall–Kier alpha value is -2.21. The third-order valence-corrected chi connectivity index (χ3v) is 5.02. The molecule has 0 atom stereocenters. The zero-order valence-electron chi connectivity index (χ0n) is 15.0. The molecule has 0 amide bonds. The number of fused-ring (bicyclic) bond motifs is 1. The van der Waals surface area contributed by atoms with E-state index in [1.807, 2.05) is 6.07 Å². The average Bonchev–Trinajstić information content (AvgIpc) is 3.15. The van der Waals surface area contributed by atoms with Gasteiger partial charge >= 0.3 is 0 Å². The second kappa shape index (κ2) is 7.78. The fraction of sp³-hybridized carbons (Fsp3) is 0.421. The summed E-state index contributed by atoms with van der Waals surface area (Å²) in [6.07, 6.45) is 0. The zero-order valence-corrected chi connectivity index (χ0v) is 15.8. The highest BCUT2D eigenvalue weighted by Crippen LogP contribution is 2.34. The van der Waals surface area contributed by atoms with E-state index in [-0.39, 0.29) is 5.41 Å². The second-order valence-electron chi connectivity index (χ2n) is 6.65. The van der Waals surface area contributed by atoms with Gasteiger partial charge in [-0.05, 0) is 40.1 Å². The Balaban J connectivity index is 1.60. The Labute approximate surface area is 153 Å². The zero-order chi connectivity index (χ0) is 17.7. The Bertz CT molecular complexity index is 726. The number of ether oxygens (including phenoxy) is 2. The highest BCUT2D eigenvalue weighted by atomic mass is 32.1. The predicted octanol–water partition coefficient (Wildman–Crippen LogP) is 3.16. The Morgan fingerprint density at radius 1 is 1.16 bits per heavy atom. The highest BCUT2D eigenvalue weighted by molar-refractivity contribution is 7.07. The lowest BCUT2D eigenvalue weighted by Gasteiger charge is -2.28. The van der Waals surface area contributed by atoms with Crippen molar-refractivity contribution in [3.05, 3.63) is 46.2 Å². The summed E-state index contributed by atoms with van der Waals surface area (Å²) in [6.45, 7) is 7.16. The summed E-state index contributed by atoms with van der Waals surface area (Å²) in [5.74, 6) is 2.46. The van der Waals surface area contributed by atoms with Crippen LogP contribution in [0.3, 0.4) is 0 Å². The number of hydrogen-bond donors (Lipinski definition) is 2. The van der Waals surface area contributed by atoms with E-state index in [1.165, 1.54) is 11.1 Å². The number of rotatable bonds is 5. The van der Waals surface area contributed by atoms with Gasteiger partial charge in [0, 0.05) is 25.6 Å². The van der Waals surface area contributed by atoms with E-state index >= 15 is 0 Å². The standard InChI is InChI=1S/C19H25N3O2S/c1-19(2,15-4-5-16-17(10-15)24-8-7-23-16)13-22-18(20-3)21-11-14-6-9-25-12-14/h4-6,9-10,12H,7-8,11,13H2,1-3H3,(H2,20,21,22). The maximum Gasteiger partial charge on any atom is 0.191 e. The minimum Gasteiger partial charge on any atom is -0.486 e. The van der Waals surface area contributed by atoms with Gasteiger partial charge in [0.25, 0.3) is 0 Å². The van der Waals surface area contributed by atoms with Crippen LogP contribution in [0.1, 0.15) is 25.0 Å². The first-order chi connectivity index (χ1) is 12.1. The summed E-state index contributed by atoms with van der Waals surface area (Å²) in [6, 6.07) is 8.30. The lowest BCUT2D eigenvalue weighted by molar-refractivity contribution is 0.171. The molecule has 1 aromatic carbocycles. The van der Waals surface area contributed by atoms with Gasteiger partial charge in [0.2, 0.25) is 0 Å².